The SMILES string of the molecule is O=C(NCC(=O)N1CCC(Cc2ccc(Cl)cc2)CC1)c1cnc[nH]1. The number of carbonyl (C=O) groups excluding carboxylic acids is 2. The largest absolute Gasteiger partial charge is 0.342 e. The lowest BCUT2D eigenvalue weighted by Gasteiger charge is -2.32. The topological polar surface area (TPSA) is 78.1 Å². The Bertz CT molecular complexity index is 707. The predicted octanol–water partition coefficient (Wildman–Crippen LogP) is 2.27. The zero-order valence-corrected chi connectivity index (χ0v) is 14.6. The number of hydrogen-bond donors (Lipinski definition) is 2. The number of nitrogens with zero attached hydrogens (tertiary/aromatic N) is 2. The molecule has 1 fully saturated rings. The molecule has 25 heavy (non-hydrogen) atoms. The molecule has 0 unspecified atom stereocenters. The van der Waals surface area contributed by atoms with Crippen molar-refractivity contribution >= 4 is 23.4 Å². The minimum Gasteiger partial charge on any atom is -0.342 e. The Balaban J connectivity index is 1.41. The third kappa shape index (κ3) is 4.82. The molecule has 6 nitrogen and oxygen atoms in total. The van der Waals surface area contributed by atoms with Gasteiger partial charge in [0.1, 0.15) is 5.69 Å². The summed E-state index contributed by atoms with van der Waals surface area (Å²) in [4.78, 5) is 32.4. The number of likely N-dealkylation sites (tertiary alicyclic amines) is 1. The van der Waals surface area contributed by atoms with Gasteiger partial charge in [-0.1, -0.05) is 23.7 Å². The Morgan fingerprint density at radius 3 is 2.60 bits per heavy atom. The van der Waals surface area contributed by atoms with Crippen molar-refractivity contribution in [2.75, 3.05) is 19.6 Å². The highest BCUT2D eigenvalue weighted by atomic mass is 35.5. The molecule has 0 aliphatic carbocycles. The first-order valence-electron chi connectivity index (χ1n) is 8.40. The minimum absolute atomic E-state index is 0.0136. The number of rotatable bonds is 5. The molecule has 2 N–H and O–H groups in total. The van der Waals surface area contributed by atoms with Crippen molar-refractivity contribution in [3.05, 3.63) is 53.1 Å². The number of aromatic amines is 1. The second-order valence-corrected chi connectivity index (χ2v) is 6.74. The van der Waals surface area contributed by atoms with Crippen molar-refractivity contribution in [1.29, 1.82) is 0 Å². The van der Waals surface area contributed by atoms with Crippen molar-refractivity contribution in [3.63, 3.8) is 0 Å². The summed E-state index contributed by atoms with van der Waals surface area (Å²) < 4.78 is 0. The molecule has 2 amide bonds. The van der Waals surface area contributed by atoms with Crippen molar-refractivity contribution in [2.24, 2.45) is 5.92 Å². The monoisotopic (exact) mass is 360 g/mol. The summed E-state index contributed by atoms with van der Waals surface area (Å²) in [6.45, 7) is 1.48. The first-order chi connectivity index (χ1) is 12.1. The highest BCUT2D eigenvalue weighted by Crippen LogP contribution is 2.22. The second-order valence-electron chi connectivity index (χ2n) is 6.30. The van der Waals surface area contributed by atoms with Crippen LogP contribution in [0.5, 0.6) is 0 Å². The van der Waals surface area contributed by atoms with Gasteiger partial charge in [-0.3, -0.25) is 9.59 Å². The number of imidazole rings is 1. The zero-order valence-electron chi connectivity index (χ0n) is 13.9. The molecule has 1 aromatic carbocycles. The van der Waals surface area contributed by atoms with E-state index in [2.05, 4.69) is 27.4 Å². The average molecular weight is 361 g/mol. The van der Waals surface area contributed by atoms with Gasteiger partial charge in [0.25, 0.3) is 5.91 Å². The third-order valence-electron chi connectivity index (χ3n) is 4.55. The van der Waals surface area contributed by atoms with E-state index in [1.807, 2.05) is 17.0 Å². The van der Waals surface area contributed by atoms with Crippen LogP contribution in [0.3, 0.4) is 0 Å². The fourth-order valence-electron chi connectivity index (χ4n) is 3.08. The van der Waals surface area contributed by atoms with Crippen LogP contribution in [0, 0.1) is 5.92 Å². The van der Waals surface area contributed by atoms with Crippen LogP contribution in [0.15, 0.2) is 36.8 Å². The number of amides is 2. The van der Waals surface area contributed by atoms with Crippen molar-refractivity contribution in [2.45, 2.75) is 19.3 Å². The van der Waals surface area contributed by atoms with Gasteiger partial charge in [0.15, 0.2) is 0 Å². The summed E-state index contributed by atoms with van der Waals surface area (Å²) in [5, 5.41) is 3.38. The van der Waals surface area contributed by atoms with E-state index in [4.69, 9.17) is 11.6 Å². The number of H-pyrrole nitrogens is 1. The van der Waals surface area contributed by atoms with Gasteiger partial charge in [-0.15, -0.1) is 0 Å². The van der Waals surface area contributed by atoms with Crippen LogP contribution in [0.2, 0.25) is 5.02 Å². The Kier molecular flexibility index (Phi) is 5.71. The van der Waals surface area contributed by atoms with E-state index in [0.29, 0.717) is 11.6 Å². The number of benzene rings is 1. The van der Waals surface area contributed by atoms with Crippen molar-refractivity contribution in [3.8, 4) is 0 Å². The first kappa shape index (κ1) is 17.5. The Morgan fingerprint density at radius 1 is 1.24 bits per heavy atom. The number of carbonyl (C=O) groups is 2. The van der Waals surface area contributed by atoms with Gasteiger partial charge in [0, 0.05) is 18.1 Å². The van der Waals surface area contributed by atoms with E-state index in [9.17, 15) is 9.59 Å². The van der Waals surface area contributed by atoms with Gasteiger partial charge in [0.05, 0.1) is 19.1 Å². The molecular weight excluding hydrogens is 340 g/mol. The zero-order chi connectivity index (χ0) is 17.6. The molecule has 0 saturated carbocycles. The Hall–Kier alpha value is -2.34. The molecule has 2 heterocycles. The molecule has 1 saturated heterocycles. The minimum atomic E-state index is -0.316. The van der Waals surface area contributed by atoms with Crippen molar-refractivity contribution in [1.82, 2.24) is 20.2 Å². The van der Waals surface area contributed by atoms with Crippen LogP contribution in [-0.2, 0) is 11.2 Å². The molecule has 7 heteroatoms. The van der Waals surface area contributed by atoms with Crippen LogP contribution in [0.25, 0.3) is 0 Å². The fourth-order valence-corrected chi connectivity index (χ4v) is 3.21. The maximum absolute atomic E-state index is 12.2. The lowest BCUT2D eigenvalue weighted by Crippen LogP contribution is -2.44. The molecule has 0 radical (unpaired) electrons. The van der Waals surface area contributed by atoms with Gasteiger partial charge in [0.2, 0.25) is 5.91 Å². The molecule has 0 spiro atoms. The number of piperidine rings is 1. The molecule has 1 aliphatic rings. The third-order valence-corrected chi connectivity index (χ3v) is 4.80. The fraction of sp³-hybridized carbons (Fsp3) is 0.389. The van der Waals surface area contributed by atoms with E-state index in [1.54, 1.807) is 0 Å². The van der Waals surface area contributed by atoms with Crippen LogP contribution in [0.1, 0.15) is 28.9 Å². The summed E-state index contributed by atoms with van der Waals surface area (Å²) in [6.07, 6.45) is 5.83. The lowest BCUT2D eigenvalue weighted by atomic mass is 9.90. The number of hydrogen-bond acceptors (Lipinski definition) is 3. The molecule has 1 aromatic heterocycles. The van der Waals surface area contributed by atoms with E-state index in [1.165, 1.54) is 18.1 Å². The van der Waals surface area contributed by atoms with Crippen LogP contribution >= 0.6 is 11.6 Å². The van der Waals surface area contributed by atoms with Gasteiger partial charge in [-0.05, 0) is 42.9 Å². The number of halogens is 1. The van der Waals surface area contributed by atoms with Gasteiger partial charge in [-0.25, -0.2) is 4.98 Å². The summed E-state index contributed by atoms with van der Waals surface area (Å²) >= 11 is 5.91. The van der Waals surface area contributed by atoms with Crippen molar-refractivity contribution < 1.29 is 9.59 Å². The normalized spacial score (nSPS) is 15.2. The number of nitrogens with one attached hydrogen (secondary N) is 2. The van der Waals surface area contributed by atoms with E-state index in [-0.39, 0.29) is 18.4 Å². The van der Waals surface area contributed by atoms with E-state index >= 15 is 0 Å². The molecule has 2 aromatic rings. The standard InChI is InChI=1S/C18H21ClN4O2/c19-15-3-1-13(2-4-15)9-14-5-7-23(8-6-14)17(24)11-21-18(25)16-10-20-12-22-16/h1-4,10,12,14H,5-9,11H2,(H,20,22)(H,21,25). The first-order valence-corrected chi connectivity index (χ1v) is 8.78. The van der Waals surface area contributed by atoms with E-state index < -0.39 is 0 Å². The van der Waals surface area contributed by atoms with Gasteiger partial charge < -0.3 is 15.2 Å². The highest BCUT2D eigenvalue weighted by Gasteiger charge is 2.23. The molecule has 1 aliphatic heterocycles. The summed E-state index contributed by atoms with van der Waals surface area (Å²) in [5.41, 5.74) is 1.63. The Labute approximate surface area is 151 Å². The van der Waals surface area contributed by atoms with Crippen LogP contribution in [-0.4, -0.2) is 46.3 Å². The van der Waals surface area contributed by atoms with Gasteiger partial charge in [-0.2, -0.15) is 0 Å². The highest BCUT2D eigenvalue weighted by molar-refractivity contribution is 6.30. The summed E-state index contributed by atoms with van der Waals surface area (Å²) in [5.74, 6) is 0.214. The molecular formula is C18H21ClN4O2. The van der Waals surface area contributed by atoms with E-state index in [0.717, 1.165) is 37.4 Å². The summed E-state index contributed by atoms with van der Waals surface area (Å²) in [7, 11) is 0. The van der Waals surface area contributed by atoms with Crippen LogP contribution in [0.4, 0.5) is 0 Å². The quantitative estimate of drug-likeness (QED) is 0.858. The lowest BCUT2D eigenvalue weighted by molar-refractivity contribution is -0.131. The molecule has 132 valence electrons. The maximum atomic E-state index is 12.2. The Morgan fingerprint density at radius 2 is 1.96 bits per heavy atom. The summed E-state index contributed by atoms with van der Waals surface area (Å²) in [6, 6.07) is 7.95. The maximum Gasteiger partial charge on any atom is 0.269 e. The predicted molar refractivity (Wildman–Crippen MR) is 95.4 cm³/mol. The van der Waals surface area contributed by atoms with Crippen LogP contribution < -0.4 is 5.32 Å². The second kappa shape index (κ2) is 8.16. The molecule has 0 atom stereocenters. The smallest absolute Gasteiger partial charge is 0.269 e. The van der Waals surface area contributed by atoms with Gasteiger partial charge >= 0.3 is 0 Å². The molecule has 3 rings (SSSR count). The molecule has 0 bridgehead atoms. The number of aromatic nitrogens is 2. The average Bonchev–Trinajstić information content (AvgIpc) is 3.17.